The number of amides is 1. The molecule has 0 saturated carbocycles. The monoisotopic (exact) mass is 407 g/mol. The second-order valence-electron chi connectivity index (χ2n) is 4.82. The van der Waals surface area contributed by atoms with E-state index in [4.69, 9.17) is 4.74 Å². The number of carbonyl (C=O) groups excluding carboxylic acids is 1. The minimum Gasteiger partial charge on any atom is -0.497 e. The number of carbonyl (C=O) groups is 1. The summed E-state index contributed by atoms with van der Waals surface area (Å²) in [6, 6.07) is 15.6. The number of nitrogens with zero attached hydrogens (tertiary/aromatic N) is 1. The predicted octanol–water partition coefficient (Wildman–Crippen LogP) is 4.01. The smallest absolute Gasteiger partial charge is 0.231 e. The lowest BCUT2D eigenvalue weighted by Crippen LogP contribution is -2.26. The zero-order chi connectivity index (χ0) is 15.9. The van der Waals surface area contributed by atoms with Crippen LogP contribution in [0, 0.1) is 3.57 Å². The SMILES string of the molecule is C=CN(Cc1ccc(OC)cc1)C(=O)Cc1ccccc1I. The van der Waals surface area contributed by atoms with E-state index in [0.717, 1.165) is 20.4 Å². The van der Waals surface area contributed by atoms with Crippen molar-refractivity contribution >= 4 is 28.5 Å². The number of rotatable bonds is 6. The number of methoxy groups -OCH3 is 1. The fraction of sp³-hybridized carbons (Fsp3) is 0.167. The first kappa shape index (κ1) is 16.5. The van der Waals surface area contributed by atoms with Crippen LogP contribution in [0.4, 0.5) is 0 Å². The quantitative estimate of drug-likeness (QED) is 0.678. The van der Waals surface area contributed by atoms with E-state index in [2.05, 4.69) is 29.2 Å². The molecule has 0 N–H and O–H groups in total. The summed E-state index contributed by atoms with van der Waals surface area (Å²) in [5.74, 6) is 0.842. The third kappa shape index (κ3) is 4.34. The van der Waals surface area contributed by atoms with E-state index in [1.807, 2.05) is 48.5 Å². The van der Waals surface area contributed by atoms with Crippen molar-refractivity contribution in [3.05, 3.63) is 76.0 Å². The highest BCUT2D eigenvalue weighted by molar-refractivity contribution is 14.1. The molecular formula is C18H18INO2. The standard InChI is InChI=1S/C18H18INO2/c1-3-20(13-14-8-10-16(22-2)11-9-14)18(21)12-15-6-4-5-7-17(15)19/h3-11H,1,12-13H2,2H3. The van der Waals surface area contributed by atoms with E-state index in [-0.39, 0.29) is 5.91 Å². The largest absolute Gasteiger partial charge is 0.497 e. The van der Waals surface area contributed by atoms with Gasteiger partial charge in [0.05, 0.1) is 20.1 Å². The number of ether oxygens (including phenoxy) is 1. The van der Waals surface area contributed by atoms with Gasteiger partial charge in [0.25, 0.3) is 0 Å². The lowest BCUT2D eigenvalue weighted by molar-refractivity contribution is -0.128. The molecule has 0 unspecified atom stereocenters. The van der Waals surface area contributed by atoms with Crippen molar-refractivity contribution in [2.45, 2.75) is 13.0 Å². The highest BCUT2D eigenvalue weighted by Gasteiger charge is 2.13. The maximum atomic E-state index is 12.5. The fourth-order valence-electron chi connectivity index (χ4n) is 2.09. The Morgan fingerprint density at radius 3 is 2.50 bits per heavy atom. The third-order valence-electron chi connectivity index (χ3n) is 3.35. The Kier molecular flexibility index (Phi) is 6.00. The Morgan fingerprint density at radius 1 is 1.23 bits per heavy atom. The highest BCUT2D eigenvalue weighted by atomic mass is 127. The molecular weight excluding hydrogens is 389 g/mol. The lowest BCUT2D eigenvalue weighted by atomic mass is 10.1. The molecule has 2 aromatic carbocycles. The summed E-state index contributed by atoms with van der Waals surface area (Å²) < 4.78 is 6.24. The van der Waals surface area contributed by atoms with Crippen molar-refractivity contribution in [1.82, 2.24) is 4.90 Å². The van der Waals surface area contributed by atoms with Crippen LogP contribution in [0.5, 0.6) is 5.75 Å². The summed E-state index contributed by atoms with van der Waals surface area (Å²) in [6.07, 6.45) is 1.96. The normalized spacial score (nSPS) is 10.1. The number of halogens is 1. The fourth-order valence-corrected chi connectivity index (χ4v) is 2.67. The molecule has 0 heterocycles. The van der Waals surface area contributed by atoms with Gasteiger partial charge in [0.15, 0.2) is 0 Å². The molecule has 4 heteroatoms. The Hall–Kier alpha value is -1.82. The molecule has 114 valence electrons. The Labute approximate surface area is 144 Å². The molecule has 0 spiro atoms. The van der Waals surface area contributed by atoms with Crippen molar-refractivity contribution < 1.29 is 9.53 Å². The van der Waals surface area contributed by atoms with Gasteiger partial charge >= 0.3 is 0 Å². The van der Waals surface area contributed by atoms with Crippen LogP contribution in [0.1, 0.15) is 11.1 Å². The van der Waals surface area contributed by atoms with Gasteiger partial charge in [0, 0.05) is 3.57 Å². The van der Waals surface area contributed by atoms with E-state index < -0.39 is 0 Å². The average Bonchev–Trinajstić information content (AvgIpc) is 2.55. The van der Waals surface area contributed by atoms with Crippen LogP contribution < -0.4 is 4.74 Å². The summed E-state index contributed by atoms with van der Waals surface area (Å²) >= 11 is 2.25. The first-order valence-electron chi connectivity index (χ1n) is 6.92. The first-order valence-corrected chi connectivity index (χ1v) is 8.00. The minimum atomic E-state index is 0.0370. The second kappa shape index (κ2) is 7.98. The van der Waals surface area contributed by atoms with Gasteiger partial charge in [-0.25, -0.2) is 0 Å². The Bertz CT molecular complexity index is 652. The molecule has 22 heavy (non-hydrogen) atoms. The van der Waals surface area contributed by atoms with Gasteiger partial charge in [0.2, 0.25) is 5.91 Å². The topological polar surface area (TPSA) is 29.5 Å². The van der Waals surface area contributed by atoms with Crippen molar-refractivity contribution in [3.8, 4) is 5.75 Å². The van der Waals surface area contributed by atoms with Crippen LogP contribution in [0.3, 0.4) is 0 Å². The number of hydrogen-bond donors (Lipinski definition) is 0. The van der Waals surface area contributed by atoms with Crippen LogP contribution in [0.2, 0.25) is 0 Å². The van der Waals surface area contributed by atoms with E-state index >= 15 is 0 Å². The molecule has 3 nitrogen and oxygen atoms in total. The van der Waals surface area contributed by atoms with Crippen LogP contribution in [-0.2, 0) is 17.8 Å². The van der Waals surface area contributed by atoms with Crippen LogP contribution >= 0.6 is 22.6 Å². The molecule has 0 aliphatic carbocycles. The zero-order valence-corrected chi connectivity index (χ0v) is 14.6. The number of hydrogen-bond acceptors (Lipinski definition) is 2. The second-order valence-corrected chi connectivity index (χ2v) is 5.98. The predicted molar refractivity (Wildman–Crippen MR) is 96.6 cm³/mol. The molecule has 0 radical (unpaired) electrons. The van der Waals surface area contributed by atoms with E-state index in [1.165, 1.54) is 0 Å². The van der Waals surface area contributed by atoms with Gasteiger partial charge in [0.1, 0.15) is 5.75 Å². The molecule has 0 saturated heterocycles. The van der Waals surface area contributed by atoms with Gasteiger partial charge in [-0.3, -0.25) is 4.79 Å². The van der Waals surface area contributed by atoms with E-state index in [1.54, 1.807) is 18.2 Å². The Balaban J connectivity index is 2.05. The van der Waals surface area contributed by atoms with Gasteiger partial charge in [-0.05, 0) is 58.1 Å². The molecule has 0 aliphatic heterocycles. The van der Waals surface area contributed by atoms with Gasteiger partial charge < -0.3 is 9.64 Å². The molecule has 1 amide bonds. The van der Waals surface area contributed by atoms with Crippen molar-refractivity contribution in [2.24, 2.45) is 0 Å². The molecule has 2 aromatic rings. The highest BCUT2D eigenvalue weighted by Crippen LogP contribution is 2.16. The number of benzene rings is 2. The van der Waals surface area contributed by atoms with Crippen molar-refractivity contribution in [1.29, 1.82) is 0 Å². The summed E-state index contributed by atoms with van der Waals surface area (Å²) in [4.78, 5) is 14.1. The third-order valence-corrected chi connectivity index (χ3v) is 4.40. The molecule has 0 bridgehead atoms. The van der Waals surface area contributed by atoms with Gasteiger partial charge in [-0.2, -0.15) is 0 Å². The minimum absolute atomic E-state index is 0.0370. The molecule has 0 aromatic heterocycles. The van der Waals surface area contributed by atoms with Gasteiger partial charge in [-0.1, -0.05) is 36.9 Å². The van der Waals surface area contributed by atoms with Crippen molar-refractivity contribution in [2.75, 3.05) is 7.11 Å². The lowest BCUT2D eigenvalue weighted by Gasteiger charge is -2.18. The summed E-state index contributed by atoms with van der Waals surface area (Å²) in [5.41, 5.74) is 2.08. The van der Waals surface area contributed by atoms with Gasteiger partial charge in [-0.15, -0.1) is 0 Å². The zero-order valence-electron chi connectivity index (χ0n) is 12.5. The molecule has 0 aliphatic rings. The van der Waals surface area contributed by atoms with E-state index in [9.17, 15) is 4.79 Å². The molecule has 2 rings (SSSR count). The first-order chi connectivity index (χ1) is 10.6. The molecule has 0 atom stereocenters. The Morgan fingerprint density at radius 2 is 1.91 bits per heavy atom. The average molecular weight is 407 g/mol. The summed E-state index contributed by atoms with van der Waals surface area (Å²) in [5, 5.41) is 0. The maximum Gasteiger partial charge on any atom is 0.231 e. The van der Waals surface area contributed by atoms with Crippen molar-refractivity contribution in [3.63, 3.8) is 0 Å². The van der Waals surface area contributed by atoms with Crippen LogP contribution in [0.25, 0.3) is 0 Å². The van der Waals surface area contributed by atoms with Crippen LogP contribution in [0.15, 0.2) is 61.3 Å². The summed E-state index contributed by atoms with van der Waals surface area (Å²) in [7, 11) is 1.63. The summed E-state index contributed by atoms with van der Waals surface area (Å²) in [6.45, 7) is 4.26. The van der Waals surface area contributed by atoms with Crippen LogP contribution in [-0.4, -0.2) is 17.9 Å². The van der Waals surface area contributed by atoms with E-state index in [0.29, 0.717) is 13.0 Å². The maximum absolute atomic E-state index is 12.5. The molecule has 0 fully saturated rings.